The molecule has 0 radical (unpaired) electrons. The third-order valence-corrected chi connectivity index (χ3v) is 1.39. The maximum Gasteiger partial charge on any atom is 0.185 e. The summed E-state index contributed by atoms with van der Waals surface area (Å²) in [7, 11) is 0. The van der Waals surface area contributed by atoms with Gasteiger partial charge >= 0.3 is 0 Å². The minimum absolute atomic E-state index is 0. The van der Waals surface area contributed by atoms with E-state index in [1.807, 2.05) is 0 Å². The molecule has 0 fully saturated rings. The molecule has 5 nitrogen and oxygen atoms in total. The molecule has 8 heteroatoms. The predicted octanol–water partition coefficient (Wildman–Crippen LogP) is -0.146. The Morgan fingerprint density at radius 1 is 1.00 bits per heavy atom. The number of nitrogens with zero attached hydrogens (tertiary/aromatic N) is 1. The predicted molar refractivity (Wildman–Crippen MR) is 73.6 cm³/mol. The first-order chi connectivity index (χ1) is 5.77. The topological polar surface area (TPSA) is 102 Å². The fourth-order valence-corrected chi connectivity index (χ4v) is 0.783. The van der Waals surface area contributed by atoms with Crippen molar-refractivity contribution < 1.29 is 0 Å². The summed E-state index contributed by atoms with van der Waals surface area (Å²) in [5.74, 6) is 0.152. The van der Waals surface area contributed by atoms with E-state index in [9.17, 15) is 0 Å². The summed E-state index contributed by atoms with van der Waals surface area (Å²) < 4.78 is 0. The lowest BCUT2D eigenvalue weighted by atomic mass is 10.3. The van der Waals surface area contributed by atoms with Crippen LogP contribution in [0.4, 0.5) is 0 Å². The molecule has 0 unspecified atom stereocenters. The molecule has 0 aliphatic rings. The molecule has 0 saturated carbocycles. The SMILES string of the molecule is Cl.Cl.Cl.NCCCCNCCN=C(N)N. The standard InChI is InChI=1S/C7H19N5.3ClH/c8-3-1-2-4-11-5-6-12-7(9)10;;;/h11H,1-6,8H2,(H4,9,10,12);3*1H. The van der Waals surface area contributed by atoms with Crippen LogP contribution in [-0.2, 0) is 0 Å². The van der Waals surface area contributed by atoms with E-state index in [-0.39, 0.29) is 43.2 Å². The molecule has 0 rings (SSSR count). The maximum absolute atomic E-state index is 5.33. The molecule has 0 atom stereocenters. The molecule has 96 valence electrons. The highest BCUT2D eigenvalue weighted by molar-refractivity contribution is 5.86. The Bertz CT molecular complexity index is 130. The van der Waals surface area contributed by atoms with Crippen LogP contribution in [0, 0.1) is 0 Å². The van der Waals surface area contributed by atoms with E-state index < -0.39 is 0 Å². The van der Waals surface area contributed by atoms with E-state index in [4.69, 9.17) is 17.2 Å². The molecule has 15 heavy (non-hydrogen) atoms. The number of aliphatic imine (C=N–C) groups is 1. The van der Waals surface area contributed by atoms with Crippen LogP contribution in [-0.4, -0.2) is 32.1 Å². The second kappa shape index (κ2) is 19.6. The third-order valence-electron chi connectivity index (χ3n) is 1.39. The van der Waals surface area contributed by atoms with E-state index in [2.05, 4.69) is 10.3 Å². The van der Waals surface area contributed by atoms with E-state index >= 15 is 0 Å². The molecule has 7 N–H and O–H groups in total. The third kappa shape index (κ3) is 24.9. The van der Waals surface area contributed by atoms with Gasteiger partial charge in [0, 0.05) is 6.54 Å². The molecule has 0 aliphatic carbocycles. The lowest BCUT2D eigenvalue weighted by molar-refractivity contribution is 0.632. The lowest BCUT2D eigenvalue weighted by Crippen LogP contribution is -2.25. The van der Waals surface area contributed by atoms with Crippen molar-refractivity contribution in [1.29, 1.82) is 0 Å². The van der Waals surface area contributed by atoms with Gasteiger partial charge in [-0.3, -0.25) is 4.99 Å². The molecule has 0 bridgehead atoms. The normalized spacial score (nSPS) is 7.80. The summed E-state index contributed by atoms with van der Waals surface area (Å²) in [6, 6.07) is 0. The summed E-state index contributed by atoms with van der Waals surface area (Å²) in [4.78, 5) is 3.83. The molecular formula is C7H22Cl3N5. The van der Waals surface area contributed by atoms with E-state index in [0.29, 0.717) is 6.54 Å². The Labute approximate surface area is 110 Å². The monoisotopic (exact) mass is 281 g/mol. The van der Waals surface area contributed by atoms with E-state index in [0.717, 1.165) is 32.5 Å². The molecule has 0 aromatic rings. The minimum Gasteiger partial charge on any atom is -0.370 e. The van der Waals surface area contributed by atoms with Crippen molar-refractivity contribution in [3.05, 3.63) is 0 Å². The van der Waals surface area contributed by atoms with Gasteiger partial charge in [-0.25, -0.2) is 0 Å². The highest BCUT2D eigenvalue weighted by Gasteiger charge is 1.86. The number of halogens is 3. The number of rotatable bonds is 7. The number of guanidine groups is 1. The number of nitrogens with two attached hydrogens (primary N) is 3. The number of nitrogens with one attached hydrogen (secondary N) is 1. The number of hydrogen-bond acceptors (Lipinski definition) is 3. The van der Waals surface area contributed by atoms with Gasteiger partial charge in [0.1, 0.15) is 0 Å². The van der Waals surface area contributed by atoms with Crippen LogP contribution in [0.15, 0.2) is 4.99 Å². The van der Waals surface area contributed by atoms with Gasteiger partial charge in [-0.2, -0.15) is 0 Å². The lowest BCUT2D eigenvalue weighted by Gasteiger charge is -2.00. The molecule has 0 aromatic carbocycles. The van der Waals surface area contributed by atoms with Crippen molar-refractivity contribution >= 4 is 43.2 Å². The van der Waals surface area contributed by atoms with Crippen LogP contribution in [0.25, 0.3) is 0 Å². The summed E-state index contributed by atoms with van der Waals surface area (Å²) in [6.45, 7) is 3.21. The maximum atomic E-state index is 5.33. The average Bonchev–Trinajstić information content (AvgIpc) is 2.02. The number of hydrogen-bond donors (Lipinski definition) is 4. The van der Waals surface area contributed by atoms with Crippen molar-refractivity contribution in [2.75, 3.05) is 26.2 Å². The molecule has 0 spiro atoms. The molecular weight excluding hydrogens is 260 g/mol. The summed E-state index contributed by atoms with van der Waals surface area (Å²) in [5, 5.41) is 3.20. The molecule has 0 saturated heterocycles. The van der Waals surface area contributed by atoms with Gasteiger partial charge in [0.2, 0.25) is 0 Å². The van der Waals surface area contributed by atoms with Gasteiger partial charge in [-0.05, 0) is 25.9 Å². The number of unbranched alkanes of at least 4 members (excludes halogenated alkanes) is 1. The first-order valence-electron chi connectivity index (χ1n) is 4.23. The molecule has 0 heterocycles. The average molecular weight is 283 g/mol. The van der Waals surface area contributed by atoms with E-state index in [1.165, 1.54) is 0 Å². The summed E-state index contributed by atoms with van der Waals surface area (Å²) >= 11 is 0. The highest BCUT2D eigenvalue weighted by Crippen LogP contribution is 1.81. The Morgan fingerprint density at radius 3 is 2.07 bits per heavy atom. The fourth-order valence-electron chi connectivity index (χ4n) is 0.783. The second-order valence-corrected chi connectivity index (χ2v) is 2.55. The van der Waals surface area contributed by atoms with Gasteiger partial charge in [-0.15, -0.1) is 37.2 Å². The Hall–Kier alpha value is 0.0600. The van der Waals surface area contributed by atoms with Crippen molar-refractivity contribution in [3.8, 4) is 0 Å². The quantitative estimate of drug-likeness (QED) is 0.296. The minimum atomic E-state index is 0. The zero-order chi connectivity index (χ0) is 9.23. The van der Waals surface area contributed by atoms with Gasteiger partial charge in [0.15, 0.2) is 5.96 Å². The Morgan fingerprint density at radius 2 is 1.60 bits per heavy atom. The summed E-state index contributed by atoms with van der Waals surface area (Å²) in [6.07, 6.45) is 2.17. The van der Waals surface area contributed by atoms with E-state index in [1.54, 1.807) is 0 Å². The molecule has 0 aliphatic heterocycles. The van der Waals surface area contributed by atoms with Crippen molar-refractivity contribution in [2.24, 2.45) is 22.2 Å². The van der Waals surface area contributed by atoms with Crippen LogP contribution in [0.1, 0.15) is 12.8 Å². The zero-order valence-corrected chi connectivity index (χ0v) is 11.1. The fraction of sp³-hybridized carbons (Fsp3) is 0.857. The van der Waals surface area contributed by atoms with Crippen molar-refractivity contribution in [1.82, 2.24) is 5.32 Å². The van der Waals surface area contributed by atoms with Crippen molar-refractivity contribution in [3.63, 3.8) is 0 Å². The largest absolute Gasteiger partial charge is 0.370 e. The van der Waals surface area contributed by atoms with Gasteiger partial charge in [-0.1, -0.05) is 0 Å². The smallest absolute Gasteiger partial charge is 0.185 e. The van der Waals surface area contributed by atoms with Crippen LogP contribution >= 0.6 is 37.2 Å². The van der Waals surface area contributed by atoms with Crippen molar-refractivity contribution in [2.45, 2.75) is 12.8 Å². The van der Waals surface area contributed by atoms with Crippen LogP contribution < -0.4 is 22.5 Å². The summed E-state index contributed by atoms with van der Waals surface area (Å²) in [5.41, 5.74) is 15.6. The molecule has 0 aromatic heterocycles. The zero-order valence-electron chi connectivity index (χ0n) is 8.65. The van der Waals surface area contributed by atoms with Gasteiger partial charge in [0.25, 0.3) is 0 Å². The highest BCUT2D eigenvalue weighted by atomic mass is 35.5. The van der Waals surface area contributed by atoms with Crippen LogP contribution in [0.5, 0.6) is 0 Å². The Balaban J connectivity index is -0.000000202. The first kappa shape index (κ1) is 24.3. The molecule has 0 amide bonds. The van der Waals surface area contributed by atoms with Gasteiger partial charge < -0.3 is 22.5 Å². The Kier molecular flexibility index (Phi) is 31.8. The first-order valence-corrected chi connectivity index (χ1v) is 4.23. The van der Waals surface area contributed by atoms with Gasteiger partial charge in [0.05, 0.1) is 6.54 Å². The van der Waals surface area contributed by atoms with Crippen LogP contribution in [0.3, 0.4) is 0 Å². The van der Waals surface area contributed by atoms with Crippen LogP contribution in [0.2, 0.25) is 0 Å². The second-order valence-electron chi connectivity index (χ2n) is 2.55.